The molecular formula is C33H56N2O8. The van der Waals surface area contributed by atoms with Crippen LogP contribution < -0.4 is 5.32 Å². The number of aliphatic hydroxyl groups is 3. The van der Waals surface area contributed by atoms with Gasteiger partial charge in [0.15, 0.2) is 0 Å². The van der Waals surface area contributed by atoms with E-state index in [1.165, 1.54) is 0 Å². The normalized spacial score (nSPS) is 31.9. The highest BCUT2D eigenvalue weighted by molar-refractivity contribution is 5.70. The van der Waals surface area contributed by atoms with E-state index in [9.17, 15) is 24.9 Å². The molecule has 0 aromatic carbocycles. The quantitative estimate of drug-likeness (QED) is 0.113. The predicted octanol–water partition coefficient (Wildman–Crippen LogP) is 3.75. The summed E-state index contributed by atoms with van der Waals surface area (Å²) >= 11 is 0. The first-order valence-electron chi connectivity index (χ1n) is 15.7. The zero-order chi connectivity index (χ0) is 32.3. The molecule has 0 bridgehead atoms. The Hall–Kier alpha value is -2.24. The molecule has 0 aromatic heterocycles. The fourth-order valence-electron chi connectivity index (χ4n) is 5.35. The maximum Gasteiger partial charge on any atom is 0.407 e. The number of hydrogen-bond donors (Lipinski definition) is 4. The third-order valence-corrected chi connectivity index (χ3v) is 8.37. The molecule has 10 atom stereocenters. The van der Waals surface area contributed by atoms with Crippen molar-refractivity contribution < 1.29 is 39.1 Å². The summed E-state index contributed by atoms with van der Waals surface area (Å²) in [5, 5.41) is 34.3. The van der Waals surface area contributed by atoms with Crippen molar-refractivity contribution in [2.75, 3.05) is 27.2 Å². The summed E-state index contributed by atoms with van der Waals surface area (Å²) < 4.78 is 17.3. The maximum atomic E-state index is 12.7. The van der Waals surface area contributed by atoms with Gasteiger partial charge in [-0.15, -0.1) is 0 Å². The van der Waals surface area contributed by atoms with E-state index >= 15 is 0 Å². The minimum atomic E-state index is -1.13. The third kappa shape index (κ3) is 13.1. The van der Waals surface area contributed by atoms with E-state index in [1.807, 2.05) is 71.8 Å². The summed E-state index contributed by atoms with van der Waals surface area (Å²) in [5.41, 5.74) is -0.365. The van der Waals surface area contributed by atoms with Crippen LogP contribution in [0.4, 0.5) is 4.79 Å². The number of likely N-dealkylation sites (N-methyl/N-ethyl adjacent to an activating group) is 1. The number of hydrogen-bond acceptors (Lipinski definition) is 9. The first-order chi connectivity index (χ1) is 20.1. The van der Waals surface area contributed by atoms with Gasteiger partial charge in [-0.2, -0.15) is 0 Å². The first kappa shape index (κ1) is 36.9. The number of nitrogens with zero attached hydrogens (tertiary/aromatic N) is 1. The average molecular weight is 609 g/mol. The third-order valence-electron chi connectivity index (χ3n) is 8.37. The van der Waals surface area contributed by atoms with E-state index < -0.39 is 42.1 Å². The van der Waals surface area contributed by atoms with Crippen LogP contribution in [0.25, 0.3) is 0 Å². The minimum absolute atomic E-state index is 0.00575. The van der Waals surface area contributed by atoms with Crippen molar-refractivity contribution in [2.24, 2.45) is 17.8 Å². The number of carbonyl (C=O) groups is 2. The molecule has 0 aliphatic carbocycles. The number of amides is 1. The first-order valence-corrected chi connectivity index (χ1v) is 15.7. The van der Waals surface area contributed by atoms with Gasteiger partial charge in [-0.3, -0.25) is 4.79 Å². The SMILES string of the molecule is CCC(O)C(C)C1OC1CC(C)(O)C=CC=C(C)C1OC(=O)CC(O)CCC(C)C(OC(=O)NCCN(C)C)C=CC1C. The van der Waals surface area contributed by atoms with E-state index in [2.05, 4.69) is 5.32 Å². The molecule has 1 fully saturated rings. The van der Waals surface area contributed by atoms with Gasteiger partial charge >= 0.3 is 12.1 Å². The predicted molar refractivity (Wildman–Crippen MR) is 166 cm³/mol. The van der Waals surface area contributed by atoms with Gasteiger partial charge in [0.05, 0.1) is 36.4 Å². The minimum Gasteiger partial charge on any atom is -0.457 e. The van der Waals surface area contributed by atoms with Crippen LogP contribution in [-0.2, 0) is 19.0 Å². The molecule has 43 heavy (non-hydrogen) atoms. The standard InChI is InChI=1S/C33H56N2O8/c1-9-26(37)24(5)31-28(41-31)20-33(6,40)16-10-11-22(3)30-23(4)13-15-27(42-32(39)34-17-18-35(7)8)21(2)12-14-25(36)19-29(38)43-30/h10-11,13,15-16,21,23-28,30-31,36-37,40H,9,12,14,17-20H2,1-8H3,(H,34,39). The van der Waals surface area contributed by atoms with Crippen LogP contribution in [0.1, 0.15) is 73.6 Å². The number of rotatable bonds is 12. The molecule has 0 radical (unpaired) electrons. The van der Waals surface area contributed by atoms with Crippen LogP contribution in [0.3, 0.4) is 0 Å². The number of alkyl carbamates (subject to hydrolysis) is 1. The van der Waals surface area contributed by atoms with Crippen LogP contribution in [-0.4, -0.2) is 102 Å². The number of nitrogens with one attached hydrogen (secondary N) is 1. The summed E-state index contributed by atoms with van der Waals surface area (Å²) in [6.07, 6.45) is 7.76. The molecule has 0 aromatic rings. The van der Waals surface area contributed by atoms with Crippen molar-refractivity contribution in [1.82, 2.24) is 10.2 Å². The van der Waals surface area contributed by atoms with Gasteiger partial charge in [0.2, 0.25) is 0 Å². The molecule has 0 spiro atoms. The summed E-state index contributed by atoms with van der Waals surface area (Å²) in [6, 6.07) is 0. The fraction of sp³-hybridized carbons (Fsp3) is 0.758. The lowest BCUT2D eigenvalue weighted by Gasteiger charge is -2.27. The number of aliphatic hydroxyl groups excluding tert-OH is 2. The van der Waals surface area contributed by atoms with Crippen LogP contribution in [0.5, 0.6) is 0 Å². The second-order valence-electron chi connectivity index (χ2n) is 13.0. The number of ether oxygens (including phenoxy) is 3. The second kappa shape index (κ2) is 17.3. The Morgan fingerprint density at radius 3 is 2.63 bits per heavy atom. The summed E-state index contributed by atoms with van der Waals surface area (Å²) in [5.74, 6) is -0.807. The van der Waals surface area contributed by atoms with E-state index in [4.69, 9.17) is 14.2 Å². The van der Waals surface area contributed by atoms with Crippen LogP contribution in [0.15, 0.2) is 36.0 Å². The van der Waals surface area contributed by atoms with Gasteiger partial charge in [-0.25, -0.2) is 4.79 Å². The molecule has 4 N–H and O–H groups in total. The van der Waals surface area contributed by atoms with E-state index in [1.54, 1.807) is 19.1 Å². The van der Waals surface area contributed by atoms with Crippen LogP contribution in [0.2, 0.25) is 0 Å². The Morgan fingerprint density at radius 2 is 1.98 bits per heavy atom. The largest absolute Gasteiger partial charge is 0.457 e. The summed E-state index contributed by atoms with van der Waals surface area (Å²) in [6.45, 7) is 12.5. The molecule has 1 amide bonds. The molecule has 2 aliphatic heterocycles. The van der Waals surface area contributed by atoms with Gasteiger partial charge in [-0.1, -0.05) is 52.0 Å². The molecule has 1 saturated heterocycles. The summed E-state index contributed by atoms with van der Waals surface area (Å²) in [7, 11) is 3.85. The Labute approximate surface area is 258 Å². The zero-order valence-electron chi connectivity index (χ0n) is 27.4. The van der Waals surface area contributed by atoms with Gasteiger partial charge < -0.3 is 39.7 Å². The fourth-order valence-corrected chi connectivity index (χ4v) is 5.35. The van der Waals surface area contributed by atoms with Gasteiger partial charge in [0.1, 0.15) is 12.2 Å². The Morgan fingerprint density at radius 1 is 1.28 bits per heavy atom. The highest BCUT2D eigenvalue weighted by Gasteiger charge is 2.47. The van der Waals surface area contributed by atoms with Crippen LogP contribution >= 0.6 is 0 Å². The highest BCUT2D eigenvalue weighted by atomic mass is 16.6. The van der Waals surface area contributed by atoms with Crippen molar-refractivity contribution >= 4 is 12.1 Å². The average Bonchev–Trinajstić information content (AvgIpc) is 3.68. The number of carbonyl (C=O) groups excluding carboxylic acids is 2. The Kier molecular flexibility index (Phi) is 14.9. The lowest BCUT2D eigenvalue weighted by molar-refractivity contribution is -0.151. The number of epoxide rings is 1. The van der Waals surface area contributed by atoms with Crippen molar-refractivity contribution in [3.8, 4) is 0 Å². The smallest absolute Gasteiger partial charge is 0.407 e. The monoisotopic (exact) mass is 608 g/mol. The van der Waals surface area contributed by atoms with Gasteiger partial charge in [0.25, 0.3) is 0 Å². The highest BCUT2D eigenvalue weighted by Crippen LogP contribution is 2.37. The van der Waals surface area contributed by atoms with Crippen molar-refractivity contribution in [2.45, 2.75) is 116 Å². The molecule has 10 unspecified atom stereocenters. The summed E-state index contributed by atoms with van der Waals surface area (Å²) in [4.78, 5) is 27.2. The van der Waals surface area contributed by atoms with Crippen molar-refractivity contribution in [3.63, 3.8) is 0 Å². The molecule has 2 rings (SSSR count). The number of allylic oxidation sites excluding steroid dienone is 2. The van der Waals surface area contributed by atoms with Crippen LogP contribution in [0, 0.1) is 17.8 Å². The molecule has 10 nitrogen and oxygen atoms in total. The lowest BCUT2D eigenvalue weighted by atomic mass is 9.91. The van der Waals surface area contributed by atoms with Crippen molar-refractivity contribution in [3.05, 3.63) is 36.0 Å². The van der Waals surface area contributed by atoms with Crippen molar-refractivity contribution in [1.29, 1.82) is 0 Å². The van der Waals surface area contributed by atoms with Gasteiger partial charge in [-0.05, 0) is 64.8 Å². The Balaban J connectivity index is 2.14. The second-order valence-corrected chi connectivity index (χ2v) is 13.0. The molecule has 10 heteroatoms. The molecule has 2 heterocycles. The lowest BCUT2D eigenvalue weighted by Crippen LogP contribution is -2.36. The van der Waals surface area contributed by atoms with E-state index in [-0.39, 0.29) is 36.4 Å². The van der Waals surface area contributed by atoms with E-state index in [0.29, 0.717) is 38.8 Å². The number of cyclic esters (lactones) is 1. The Bertz CT molecular complexity index is 978. The van der Waals surface area contributed by atoms with Gasteiger partial charge in [0, 0.05) is 31.3 Å². The van der Waals surface area contributed by atoms with E-state index in [0.717, 1.165) is 5.57 Å². The topological polar surface area (TPSA) is 141 Å². The molecule has 246 valence electrons. The molecular weight excluding hydrogens is 552 g/mol. The zero-order valence-corrected chi connectivity index (χ0v) is 27.4. The molecule has 0 saturated carbocycles. The number of esters is 1. The molecule has 2 aliphatic rings. The maximum absolute atomic E-state index is 12.7.